The molecule has 0 bridgehead atoms. The van der Waals surface area contributed by atoms with Crippen molar-refractivity contribution in [2.75, 3.05) is 0 Å². The molecule has 0 amide bonds. The van der Waals surface area contributed by atoms with Crippen LogP contribution in [-0.2, 0) is 0 Å². The summed E-state index contributed by atoms with van der Waals surface area (Å²) in [6.07, 6.45) is -5.31. The van der Waals surface area contributed by atoms with E-state index >= 15 is 0 Å². The molecule has 0 saturated heterocycles. The van der Waals surface area contributed by atoms with Crippen LogP contribution in [0.1, 0.15) is 10.4 Å². The van der Waals surface area contributed by atoms with Crippen molar-refractivity contribution in [1.82, 2.24) is 0 Å². The Kier molecular flexibility index (Phi) is 3.75. The van der Waals surface area contributed by atoms with Crippen molar-refractivity contribution in [3.05, 3.63) is 42.9 Å². The quantitative estimate of drug-likeness (QED) is 0.485. The second kappa shape index (κ2) is 4.80. The second-order valence-electron chi connectivity index (χ2n) is 3.17. The van der Waals surface area contributed by atoms with Gasteiger partial charge in [-0.1, -0.05) is 11.6 Å². The Balaban J connectivity index is 3.57. The van der Waals surface area contributed by atoms with E-state index in [1.165, 1.54) is 0 Å². The van der Waals surface area contributed by atoms with Crippen molar-refractivity contribution in [2.45, 2.75) is 6.18 Å². The number of nitro groups is 2. The summed E-state index contributed by atoms with van der Waals surface area (Å²) in [5.41, 5.74) is -3.53. The molecule has 0 spiro atoms. The van der Waals surface area contributed by atoms with E-state index in [4.69, 9.17) is 11.6 Å². The maximum absolute atomic E-state index is 12.2. The predicted molar refractivity (Wildman–Crippen MR) is 55.1 cm³/mol. The average molecular weight is 299 g/mol. The van der Waals surface area contributed by atoms with E-state index in [0.29, 0.717) is 0 Å². The molecule has 0 N–H and O–H groups in total. The SMILES string of the molecule is O=C(c1cc([N+](=O)[O-])c(Cl)c([N+](=O)[O-])c1)C(F)(F)F. The predicted octanol–water partition coefficient (Wildman–Crippen LogP) is 2.90. The number of alkyl halides is 3. The molecule has 1 aromatic carbocycles. The number of nitrogens with zero attached hydrogens (tertiary/aromatic N) is 2. The number of rotatable bonds is 3. The smallest absolute Gasteiger partial charge is 0.284 e. The lowest BCUT2D eigenvalue weighted by Gasteiger charge is -2.05. The van der Waals surface area contributed by atoms with Gasteiger partial charge in [-0.2, -0.15) is 13.2 Å². The third-order valence-corrected chi connectivity index (χ3v) is 2.33. The summed E-state index contributed by atoms with van der Waals surface area (Å²) >= 11 is 5.31. The summed E-state index contributed by atoms with van der Waals surface area (Å²) in [4.78, 5) is 29.5. The molecule has 0 aliphatic heterocycles. The molecule has 0 saturated carbocycles. The fourth-order valence-corrected chi connectivity index (χ4v) is 1.40. The molecule has 7 nitrogen and oxygen atoms in total. The van der Waals surface area contributed by atoms with Crippen molar-refractivity contribution < 1.29 is 27.8 Å². The fourth-order valence-electron chi connectivity index (χ4n) is 1.15. The maximum Gasteiger partial charge on any atom is 0.454 e. The highest BCUT2D eigenvalue weighted by atomic mass is 35.5. The summed E-state index contributed by atoms with van der Waals surface area (Å²) in [7, 11) is 0. The van der Waals surface area contributed by atoms with Crippen LogP contribution in [0.2, 0.25) is 5.02 Å². The lowest BCUT2D eigenvalue weighted by atomic mass is 10.1. The van der Waals surface area contributed by atoms with Crippen LogP contribution in [0, 0.1) is 20.2 Å². The van der Waals surface area contributed by atoms with Gasteiger partial charge in [0.2, 0.25) is 0 Å². The monoisotopic (exact) mass is 298 g/mol. The van der Waals surface area contributed by atoms with Crippen LogP contribution in [0.5, 0.6) is 0 Å². The highest BCUT2D eigenvalue weighted by Gasteiger charge is 2.41. The highest BCUT2D eigenvalue weighted by molar-refractivity contribution is 6.35. The number of hydrogen-bond acceptors (Lipinski definition) is 5. The summed E-state index contributed by atoms with van der Waals surface area (Å²) in [6, 6.07) is 0.482. The summed E-state index contributed by atoms with van der Waals surface area (Å²) in [5.74, 6) is -2.43. The van der Waals surface area contributed by atoms with Gasteiger partial charge in [-0.25, -0.2) is 0 Å². The van der Waals surface area contributed by atoms with E-state index in [1.807, 2.05) is 0 Å². The molecule has 0 unspecified atom stereocenters. The number of nitro benzene ring substituents is 2. The standard InChI is InChI=1S/C8H2ClF3N2O5/c9-6-4(13(16)17)1-3(2-5(6)14(18)19)7(15)8(10,11)12/h1-2H. The summed E-state index contributed by atoms with van der Waals surface area (Å²) in [6.45, 7) is 0. The molecular formula is C8H2ClF3N2O5. The van der Waals surface area contributed by atoms with Crippen LogP contribution in [0.4, 0.5) is 24.5 Å². The minimum absolute atomic E-state index is 0.241. The zero-order chi connectivity index (χ0) is 15.0. The van der Waals surface area contributed by atoms with Crippen LogP contribution in [-0.4, -0.2) is 21.8 Å². The molecule has 0 heterocycles. The Labute approximate surface area is 106 Å². The molecule has 19 heavy (non-hydrogen) atoms. The van der Waals surface area contributed by atoms with Crippen LogP contribution in [0.25, 0.3) is 0 Å². The lowest BCUT2D eigenvalue weighted by Crippen LogP contribution is -2.23. The normalized spacial score (nSPS) is 11.2. The lowest BCUT2D eigenvalue weighted by molar-refractivity contribution is -0.393. The molecule has 1 aromatic rings. The van der Waals surface area contributed by atoms with E-state index in [2.05, 4.69) is 0 Å². The van der Waals surface area contributed by atoms with Crippen molar-refractivity contribution in [2.24, 2.45) is 0 Å². The third-order valence-electron chi connectivity index (χ3n) is 1.95. The topological polar surface area (TPSA) is 103 Å². The van der Waals surface area contributed by atoms with Gasteiger partial charge >= 0.3 is 6.18 Å². The third kappa shape index (κ3) is 2.96. The second-order valence-corrected chi connectivity index (χ2v) is 3.55. The number of halogens is 4. The van der Waals surface area contributed by atoms with Crippen LogP contribution < -0.4 is 0 Å². The number of hydrogen-bond donors (Lipinski definition) is 0. The Morgan fingerprint density at radius 2 is 1.47 bits per heavy atom. The van der Waals surface area contributed by atoms with E-state index in [9.17, 15) is 38.2 Å². The Bertz CT molecular complexity index is 551. The number of benzene rings is 1. The van der Waals surface area contributed by atoms with Gasteiger partial charge in [0.05, 0.1) is 9.85 Å². The first kappa shape index (κ1) is 14.8. The van der Waals surface area contributed by atoms with Gasteiger partial charge in [-0.15, -0.1) is 0 Å². The van der Waals surface area contributed by atoms with Gasteiger partial charge in [0.15, 0.2) is 5.02 Å². The molecule has 1 rings (SSSR count). The van der Waals surface area contributed by atoms with E-state index < -0.39 is 43.8 Å². The fraction of sp³-hybridized carbons (Fsp3) is 0.125. The Morgan fingerprint density at radius 3 is 1.74 bits per heavy atom. The van der Waals surface area contributed by atoms with Crippen LogP contribution in [0.3, 0.4) is 0 Å². The number of ketones is 1. The highest BCUT2D eigenvalue weighted by Crippen LogP contribution is 2.36. The van der Waals surface area contributed by atoms with Gasteiger partial charge < -0.3 is 0 Å². The minimum atomic E-state index is -5.31. The van der Waals surface area contributed by atoms with E-state index in [0.717, 1.165) is 0 Å². The zero-order valence-corrected chi connectivity index (χ0v) is 9.36. The number of carbonyl (C=O) groups excluding carboxylic acids is 1. The van der Waals surface area contributed by atoms with E-state index in [-0.39, 0.29) is 12.1 Å². The van der Waals surface area contributed by atoms with Crippen LogP contribution >= 0.6 is 11.6 Å². The van der Waals surface area contributed by atoms with Crippen molar-refractivity contribution in [3.8, 4) is 0 Å². The van der Waals surface area contributed by atoms with Crippen molar-refractivity contribution in [1.29, 1.82) is 0 Å². The molecule has 0 aliphatic rings. The number of carbonyl (C=O) groups is 1. The molecule has 11 heteroatoms. The van der Waals surface area contributed by atoms with Crippen molar-refractivity contribution in [3.63, 3.8) is 0 Å². The number of Topliss-reactive ketones (excluding diaryl/α,β-unsaturated/α-hetero) is 1. The van der Waals surface area contributed by atoms with Gasteiger partial charge in [-0.3, -0.25) is 25.0 Å². The molecule has 0 aliphatic carbocycles. The first-order valence-electron chi connectivity index (χ1n) is 4.29. The summed E-state index contributed by atoms with van der Waals surface area (Å²) < 4.78 is 36.5. The molecule has 0 atom stereocenters. The first-order chi connectivity index (χ1) is 8.55. The van der Waals surface area contributed by atoms with Crippen molar-refractivity contribution >= 4 is 28.8 Å². The average Bonchev–Trinajstić information content (AvgIpc) is 2.26. The largest absolute Gasteiger partial charge is 0.454 e. The minimum Gasteiger partial charge on any atom is -0.284 e. The summed E-state index contributed by atoms with van der Waals surface area (Å²) in [5, 5.41) is 20.1. The van der Waals surface area contributed by atoms with Crippen LogP contribution in [0.15, 0.2) is 12.1 Å². The Morgan fingerprint density at radius 1 is 1.11 bits per heavy atom. The molecule has 0 fully saturated rings. The Hall–Kier alpha value is -2.23. The first-order valence-corrected chi connectivity index (χ1v) is 4.67. The van der Waals surface area contributed by atoms with E-state index in [1.54, 1.807) is 0 Å². The molecule has 102 valence electrons. The molecule has 0 radical (unpaired) electrons. The molecule has 0 aromatic heterocycles. The van der Waals surface area contributed by atoms with Gasteiger partial charge in [-0.05, 0) is 0 Å². The zero-order valence-electron chi connectivity index (χ0n) is 8.60. The maximum atomic E-state index is 12.2. The van der Waals surface area contributed by atoms with Gasteiger partial charge in [0.25, 0.3) is 17.2 Å². The van der Waals surface area contributed by atoms with Gasteiger partial charge in [0.1, 0.15) is 0 Å². The molecular weight excluding hydrogens is 297 g/mol. The van der Waals surface area contributed by atoms with Gasteiger partial charge in [0, 0.05) is 17.7 Å².